The number of nitro groups is 1. The maximum Gasteiger partial charge on any atom is 0.410 e. The molecule has 27 heavy (non-hydrogen) atoms. The van der Waals surface area contributed by atoms with Gasteiger partial charge in [0.25, 0.3) is 0 Å². The number of likely N-dealkylation sites (tertiary alicyclic amines) is 1. The number of hydrogen-bond acceptors (Lipinski definition) is 5. The molecule has 1 aromatic heterocycles. The van der Waals surface area contributed by atoms with Crippen molar-refractivity contribution in [1.29, 1.82) is 0 Å². The molecule has 0 spiro atoms. The van der Waals surface area contributed by atoms with Crippen LogP contribution in [0.25, 0.3) is 0 Å². The molecule has 1 atom stereocenters. The number of aromatic nitrogens is 2. The number of carbonyl (C=O) groups excluding carboxylic acids is 1. The van der Waals surface area contributed by atoms with E-state index in [0.717, 1.165) is 12.8 Å². The fraction of sp³-hybridized carbons (Fsp3) is 0.789. The van der Waals surface area contributed by atoms with E-state index in [0.29, 0.717) is 19.0 Å². The second-order valence-electron chi connectivity index (χ2n) is 6.98. The lowest BCUT2D eigenvalue weighted by Crippen LogP contribution is -2.42. The predicted octanol–water partition coefficient (Wildman–Crippen LogP) is 5.05. The molecule has 8 heteroatoms. The molecular weight excluding hydrogens is 348 g/mol. The van der Waals surface area contributed by atoms with Crippen LogP contribution >= 0.6 is 0 Å². The van der Waals surface area contributed by atoms with Gasteiger partial charge in [0.15, 0.2) is 0 Å². The summed E-state index contributed by atoms with van der Waals surface area (Å²) in [5.74, 6) is 0.327. The Hall–Kier alpha value is -2.12. The Morgan fingerprint density at radius 3 is 2.19 bits per heavy atom. The van der Waals surface area contributed by atoms with Crippen molar-refractivity contribution in [2.75, 3.05) is 13.1 Å². The second-order valence-corrected chi connectivity index (χ2v) is 6.98. The first kappa shape index (κ1) is 24.9. The van der Waals surface area contributed by atoms with Crippen LogP contribution in [0.3, 0.4) is 0 Å². The van der Waals surface area contributed by atoms with E-state index in [1.807, 2.05) is 55.4 Å². The van der Waals surface area contributed by atoms with E-state index in [4.69, 9.17) is 4.74 Å². The molecule has 0 aromatic carbocycles. The van der Waals surface area contributed by atoms with Crippen molar-refractivity contribution in [1.82, 2.24) is 14.7 Å². The highest BCUT2D eigenvalue weighted by atomic mass is 16.6. The van der Waals surface area contributed by atoms with Crippen LogP contribution < -0.4 is 0 Å². The zero-order valence-electron chi connectivity index (χ0n) is 18.1. The molecule has 0 saturated carbocycles. The Bertz CT molecular complexity index is 573. The van der Waals surface area contributed by atoms with Gasteiger partial charge in [0.1, 0.15) is 18.0 Å². The van der Waals surface area contributed by atoms with Crippen molar-refractivity contribution in [2.45, 2.75) is 79.9 Å². The Morgan fingerprint density at radius 1 is 1.26 bits per heavy atom. The molecule has 1 aliphatic rings. The van der Waals surface area contributed by atoms with E-state index in [1.165, 1.54) is 12.4 Å². The van der Waals surface area contributed by atoms with Gasteiger partial charge in [0.05, 0.1) is 11.0 Å². The molecule has 1 aromatic rings. The molecule has 0 bridgehead atoms. The van der Waals surface area contributed by atoms with Crippen LogP contribution in [0.5, 0.6) is 0 Å². The summed E-state index contributed by atoms with van der Waals surface area (Å²) in [7, 11) is 0. The molecule has 0 aliphatic carbocycles. The first-order valence-corrected chi connectivity index (χ1v) is 9.84. The lowest BCUT2D eigenvalue weighted by molar-refractivity contribution is -0.385. The van der Waals surface area contributed by atoms with Crippen LogP contribution in [-0.2, 0) is 4.74 Å². The number of piperidine rings is 1. The first-order chi connectivity index (χ1) is 12.7. The number of hydrogen-bond donors (Lipinski definition) is 0. The highest BCUT2D eigenvalue weighted by Gasteiger charge is 2.30. The molecule has 2 rings (SSSR count). The van der Waals surface area contributed by atoms with Gasteiger partial charge in [0.2, 0.25) is 0 Å². The Balaban J connectivity index is 0.00000158. The third-order valence-corrected chi connectivity index (χ3v) is 4.09. The summed E-state index contributed by atoms with van der Waals surface area (Å²) in [4.78, 5) is 24.1. The minimum atomic E-state index is -0.491. The molecule has 1 saturated heterocycles. The van der Waals surface area contributed by atoms with E-state index >= 15 is 0 Å². The van der Waals surface area contributed by atoms with E-state index in [-0.39, 0.29) is 17.8 Å². The third kappa shape index (κ3) is 7.97. The number of amides is 1. The fourth-order valence-electron chi connectivity index (χ4n) is 2.75. The molecule has 0 radical (unpaired) electrons. The average Bonchev–Trinajstić information content (AvgIpc) is 3.14. The lowest BCUT2D eigenvalue weighted by Gasteiger charge is -2.35. The van der Waals surface area contributed by atoms with Crippen molar-refractivity contribution in [3.8, 4) is 0 Å². The SMILES string of the molecule is CC.CC.CC(C1CCN(C(=O)OC(C)(C)C)CC1)n1cc([N+](=O)[O-])cn1. The Morgan fingerprint density at radius 2 is 1.78 bits per heavy atom. The Labute approximate surface area is 163 Å². The number of carbonyl (C=O) groups is 1. The lowest BCUT2D eigenvalue weighted by atomic mass is 9.90. The van der Waals surface area contributed by atoms with Crippen molar-refractivity contribution in [3.05, 3.63) is 22.5 Å². The molecule has 1 amide bonds. The minimum Gasteiger partial charge on any atom is -0.444 e. The number of ether oxygens (including phenoxy) is 1. The van der Waals surface area contributed by atoms with E-state index < -0.39 is 10.5 Å². The van der Waals surface area contributed by atoms with Gasteiger partial charge in [-0.3, -0.25) is 14.8 Å². The van der Waals surface area contributed by atoms with Crippen LogP contribution in [0.15, 0.2) is 12.4 Å². The van der Waals surface area contributed by atoms with Gasteiger partial charge >= 0.3 is 11.8 Å². The quantitative estimate of drug-likeness (QED) is 0.537. The maximum atomic E-state index is 12.0. The average molecular weight is 385 g/mol. The summed E-state index contributed by atoms with van der Waals surface area (Å²) in [6.45, 7) is 16.8. The summed E-state index contributed by atoms with van der Waals surface area (Å²) in [6.07, 6.45) is 4.11. The predicted molar refractivity (Wildman–Crippen MR) is 107 cm³/mol. The minimum absolute atomic E-state index is 0.00282. The van der Waals surface area contributed by atoms with Gasteiger partial charge in [-0.05, 0) is 46.5 Å². The number of nitrogens with zero attached hydrogens (tertiary/aromatic N) is 4. The smallest absolute Gasteiger partial charge is 0.410 e. The highest BCUT2D eigenvalue weighted by molar-refractivity contribution is 5.68. The molecule has 2 heterocycles. The summed E-state index contributed by atoms with van der Waals surface area (Å²) in [5, 5.41) is 14.8. The van der Waals surface area contributed by atoms with Gasteiger partial charge in [-0.15, -0.1) is 0 Å². The zero-order valence-corrected chi connectivity index (χ0v) is 18.1. The topological polar surface area (TPSA) is 90.5 Å². The van der Waals surface area contributed by atoms with Crippen LogP contribution in [0.4, 0.5) is 10.5 Å². The summed E-state index contributed by atoms with van der Waals surface area (Å²) in [5.41, 5.74) is -0.488. The zero-order chi connectivity index (χ0) is 21.2. The maximum absolute atomic E-state index is 12.0. The highest BCUT2D eigenvalue weighted by Crippen LogP contribution is 2.29. The first-order valence-electron chi connectivity index (χ1n) is 9.84. The molecule has 8 nitrogen and oxygen atoms in total. The summed E-state index contributed by atoms with van der Waals surface area (Å²) < 4.78 is 7.03. The molecule has 1 unspecified atom stereocenters. The van der Waals surface area contributed by atoms with Crippen LogP contribution in [0.2, 0.25) is 0 Å². The van der Waals surface area contributed by atoms with E-state index in [2.05, 4.69) is 5.10 Å². The van der Waals surface area contributed by atoms with Crippen LogP contribution in [0.1, 0.15) is 74.3 Å². The van der Waals surface area contributed by atoms with Gasteiger partial charge in [-0.1, -0.05) is 27.7 Å². The van der Waals surface area contributed by atoms with Gasteiger partial charge in [-0.25, -0.2) is 4.79 Å². The monoisotopic (exact) mass is 384 g/mol. The fourth-order valence-corrected chi connectivity index (χ4v) is 2.75. The standard InChI is InChI=1S/C15H24N4O4.2C2H6/c1-11(18-10-13(9-16-18)19(21)22)12-5-7-17(8-6-12)14(20)23-15(2,3)4;2*1-2/h9-12H,5-8H2,1-4H3;2*1-2H3. The van der Waals surface area contributed by atoms with Crippen molar-refractivity contribution < 1.29 is 14.5 Å². The van der Waals surface area contributed by atoms with Crippen molar-refractivity contribution >= 4 is 11.8 Å². The second kappa shape index (κ2) is 11.6. The summed E-state index contributed by atoms with van der Waals surface area (Å²) in [6, 6.07) is 0.0597. The molecule has 1 fully saturated rings. The van der Waals surface area contributed by atoms with Gasteiger partial charge in [0, 0.05) is 13.1 Å². The molecular formula is C19H36N4O4. The third-order valence-electron chi connectivity index (χ3n) is 4.09. The molecule has 1 aliphatic heterocycles. The molecule has 156 valence electrons. The van der Waals surface area contributed by atoms with Gasteiger partial charge in [-0.2, -0.15) is 5.10 Å². The largest absolute Gasteiger partial charge is 0.444 e. The van der Waals surface area contributed by atoms with E-state index in [9.17, 15) is 14.9 Å². The molecule has 0 N–H and O–H groups in total. The van der Waals surface area contributed by atoms with Crippen molar-refractivity contribution in [3.63, 3.8) is 0 Å². The van der Waals surface area contributed by atoms with Gasteiger partial charge < -0.3 is 9.64 Å². The normalized spacial score (nSPS) is 15.6. The number of rotatable bonds is 3. The van der Waals surface area contributed by atoms with Crippen LogP contribution in [0, 0.1) is 16.0 Å². The van der Waals surface area contributed by atoms with Crippen LogP contribution in [-0.4, -0.2) is 44.4 Å². The Kier molecular flexibility index (Phi) is 10.7. The van der Waals surface area contributed by atoms with E-state index in [1.54, 1.807) is 9.58 Å². The van der Waals surface area contributed by atoms with Crippen molar-refractivity contribution in [2.24, 2.45) is 5.92 Å². The summed E-state index contributed by atoms with van der Waals surface area (Å²) >= 11 is 0.